The number of carbonyl (C=O) groups excluding carboxylic acids is 1. The molecule has 0 saturated carbocycles. The molecule has 0 aliphatic heterocycles. The largest absolute Gasteiger partial charge is 0.360 e. The summed E-state index contributed by atoms with van der Waals surface area (Å²) in [7, 11) is 0. The number of fused-ring (bicyclic) bond motifs is 2. The number of aryl methyl sites for hydroxylation is 1. The van der Waals surface area contributed by atoms with Crippen LogP contribution >= 0.6 is 0 Å². The Bertz CT molecular complexity index is 892. The second kappa shape index (κ2) is 5.15. The summed E-state index contributed by atoms with van der Waals surface area (Å²) in [4.78, 5) is 15.5. The summed E-state index contributed by atoms with van der Waals surface area (Å²) < 4.78 is 0. The number of carbonyl (C=O) groups is 1. The molecule has 2 N–H and O–H groups in total. The summed E-state index contributed by atoms with van der Waals surface area (Å²) in [5.41, 5.74) is 7.64. The number of benzene rings is 2. The topological polar surface area (TPSA) is 57.2 Å². The monoisotopic (exact) mass is 289 g/mol. The molecule has 4 rings (SSSR count). The van der Waals surface area contributed by atoms with Crippen molar-refractivity contribution in [1.29, 1.82) is 0 Å². The van der Waals surface area contributed by atoms with Gasteiger partial charge in [0.15, 0.2) is 0 Å². The molecule has 0 bridgehead atoms. The van der Waals surface area contributed by atoms with Crippen molar-refractivity contribution in [1.82, 2.24) is 10.4 Å². The molecule has 22 heavy (non-hydrogen) atoms. The van der Waals surface area contributed by atoms with Crippen LogP contribution in [-0.4, -0.2) is 16.6 Å². The van der Waals surface area contributed by atoms with Crippen LogP contribution in [0.25, 0.3) is 10.9 Å². The van der Waals surface area contributed by atoms with Crippen molar-refractivity contribution in [2.45, 2.75) is 12.8 Å². The molecule has 1 aliphatic carbocycles. The average molecular weight is 289 g/mol. The number of H-pyrrole nitrogens is 1. The first kappa shape index (κ1) is 12.8. The molecule has 0 atom stereocenters. The highest BCUT2D eigenvalue weighted by molar-refractivity contribution is 6.08. The highest BCUT2D eigenvalue weighted by Crippen LogP contribution is 2.22. The lowest BCUT2D eigenvalue weighted by Crippen LogP contribution is -2.19. The van der Waals surface area contributed by atoms with E-state index in [2.05, 4.69) is 27.6 Å². The predicted octanol–water partition coefficient (Wildman–Crippen LogP) is 3.25. The van der Waals surface area contributed by atoms with Gasteiger partial charge in [-0.15, -0.1) is 0 Å². The van der Waals surface area contributed by atoms with Gasteiger partial charge in [-0.1, -0.05) is 42.5 Å². The minimum absolute atomic E-state index is 0.186. The van der Waals surface area contributed by atoms with E-state index >= 15 is 0 Å². The lowest BCUT2D eigenvalue weighted by Gasteiger charge is -2.02. The van der Waals surface area contributed by atoms with Crippen LogP contribution in [0, 0.1) is 0 Å². The van der Waals surface area contributed by atoms with Crippen LogP contribution in [-0.2, 0) is 6.42 Å². The smallest absolute Gasteiger partial charge is 0.273 e. The number of aromatic amines is 1. The third kappa shape index (κ3) is 2.09. The minimum atomic E-state index is -0.186. The fourth-order valence-electron chi connectivity index (χ4n) is 2.96. The van der Waals surface area contributed by atoms with E-state index in [1.54, 1.807) is 6.20 Å². The first-order chi connectivity index (χ1) is 10.8. The number of amides is 1. The number of nitrogens with one attached hydrogen (secondary N) is 2. The second-order valence-electron chi connectivity index (χ2n) is 5.40. The Morgan fingerprint density at radius 2 is 1.86 bits per heavy atom. The SMILES string of the molecule is O=C(N/N=C1/CCc2ccccc21)c1c[nH]c2ccccc12. The van der Waals surface area contributed by atoms with Crippen LogP contribution in [0.3, 0.4) is 0 Å². The van der Waals surface area contributed by atoms with E-state index in [0.717, 1.165) is 35.0 Å². The zero-order valence-corrected chi connectivity index (χ0v) is 12.0. The summed E-state index contributed by atoms with van der Waals surface area (Å²) in [6.45, 7) is 0. The second-order valence-corrected chi connectivity index (χ2v) is 5.40. The zero-order chi connectivity index (χ0) is 14.9. The van der Waals surface area contributed by atoms with Gasteiger partial charge >= 0.3 is 0 Å². The van der Waals surface area contributed by atoms with Gasteiger partial charge in [-0.3, -0.25) is 4.79 Å². The molecular formula is C18H15N3O. The molecule has 4 heteroatoms. The van der Waals surface area contributed by atoms with Crippen molar-refractivity contribution >= 4 is 22.5 Å². The summed E-state index contributed by atoms with van der Waals surface area (Å²) in [5, 5.41) is 5.24. The van der Waals surface area contributed by atoms with E-state index in [9.17, 15) is 4.79 Å². The maximum absolute atomic E-state index is 12.4. The molecule has 1 amide bonds. The van der Waals surface area contributed by atoms with E-state index in [4.69, 9.17) is 0 Å². The molecule has 4 nitrogen and oxygen atoms in total. The fraction of sp³-hybridized carbons (Fsp3) is 0.111. The van der Waals surface area contributed by atoms with Crippen molar-refractivity contribution in [3.63, 3.8) is 0 Å². The van der Waals surface area contributed by atoms with Gasteiger partial charge in [0.1, 0.15) is 0 Å². The molecule has 0 saturated heterocycles. The van der Waals surface area contributed by atoms with E-state index in [-0.39, 0.29) is 5.91 Å². The number of hydrogen-bond donors (Lipinski definition) is 2. The third-order valence-electron chi connectivity index (χ3n) is 4.09. The van der Waals surface area contributed by atoms with Crippen LogP contribution in [0.1, 0.15) is 27.9 Å². The number of rotatable bonds is 2. The number of para-hydroxylation sites is 1. The Morgan fingerprint density at radius 1 is 1.05 bits per heavy atom. The molecular weight excluding hydrogens is 274 g/mol. The molecule has 0 spiro atoms. The van der Waals surface area contributed by atoms with E-state index in [1.165, 1.54) is 5.56 Å². The van der Waals surface area contributed by atoms with Crippen LogP contribution in [0.4, 0.5) is 0 Å². The van der Waals surface area contributed by atoms with Gasteiger partial charge in [0.25, 0.3) is 5.91 Å². The van der Waals surface area contributed by atoms with Crippen molar-refractivity contribution in [3.05, 3.63) is 71.4 Å². The van der Waals surface area contributed by atoms with Gasteiger partial charge in [-0.05, 0) is 24.5 Å². The first-order valence-corrected chi connectivity index (χ1v) is 7.34. The van der Waals surface area contributed by atoms with Gasteiger partial charge in [-0.2, -0.15) is 5.10 Å². The van der Waals surface area contributed by atoms with E-state index in [0.29, 0.717) is 5.56 Å². The predicted molar refractivity (Wildman–Crippen MR) is 87.1 cm³/mol. The van der Waals surface area contributed by atoms with Gasteiger partial charge in [0.05, 0.1) is 11.3 Å². The summed E-state index contributed by atoms with van der Waals surface area (Å²) in [5.74, 6) is -0.186. The minimum Gasteiger partial charge on any atom is -0.360 e. The average Bonchev–Trinajstić information content (AvgIpc) is 3.17. The van der Waals surface area contributed by atoms with Crippen LogP contribution in [0.15, 0.2) is 59.8 Å². The number of aromatic nitrogens is 1. The maximum atomic E-state index is 12.4. The van der Waals surface area contributed by atoms with Gasteiger partial charge in [0, 0.05) is 22.7 Å². The molecule has 1 aliphatic rings. The van der Waals surface area contributed by atoms with Crippen molar-refractivity contribution in [2.24, 2.45) is 5.10 Å². The van der Waals surface area contributed by atoms with Crippen molar-refractivity contribution in [3.8, 4) is 0 Å². The molecule has 3 aromatic rings. The van der Waals surface area contributed by atoms with E-state index in [1.807, 2.05) is 36.4 Å². The van der Waals surface area contributed by atoms with Crippen molar-refractivity contribution < 1.29 is 4.79 Å². The van der Waals surface area contributed by atoms with Crippen molar-refractivity contribution in [2.75, 3.05) is 0 Å². The lowest BCUT2D eigenvalue weighted by molar-refractivity contribution is 0.0956. The van der Waals surface area contributed by atoms with Gasteiger partial charge in [-0.25, -0.2) is 5.43 Å². The van der Waals surface area contributed by atoms with Gasteiger partial charge < -0.3 is 4.98 Å². The number of hydrogen-bond acceptors (Lipinski definition) is 2. The normalized spacial score (nSPS) is 15.2. The Labute approximate surface area is 127 Å². The standard InChI is InChI=1S/C18H15N3O/c22-18(15-11-19-16-8-4-3-7-14(15)16)21-20-17-10-9-12-5-1-2-6-13(12)17/h1-8,11,19H,9-10H2,(H,21,22)/b20-17-. The number of nitrogens with zero attached hydrogens (tertiary/aromatic N) is 1. The van der Waals surface area contributed by atoms with Crippen LogP contribution in [0.5, 0.6) is 0 Å². The van der Waals surface area contributed by atoms with Gasteiger partial charge in [0.2, 0.25) is 0 Å². The van der Waals surface area contributed by atoms with Crippen LogP contribution in [0.2, 0.25) is 0 Å². The summed E-state index contributed by atoms with van der Waals surface area (Å²) in [6.07, 6.45) is 3.58. The molecule has 2 aromatic carbocycles. The maximum Gasteiger partial charge on any atom is 0.273 e. The highest BCUT2D eigenvalue weighted by atomic mass is 16.2. The summed E-state index contributed by atoms with van der Waals surface area (Å²) in [6, 6.07) is 15.9. The Kier molecular flexibility index (Phi) is 3.00. The third-order valence-corrected chi connectivity index (χ3v) is 4.09. The lowest BCUT2D eigenvalue weighted by atomic mass is 10.1. The fourth-order valence-corrected chi connectivity index (χ4v) is 2.96. The molecule has 1 heterocycles. The molecule has 108 valence electrons. The molecule has 0 unspecified atom stereocenters. The first-order valence-electron chi connectivity index (χ1n) is 7.34. The zero-order valence-electron chi connectivity index (χ0n) is 12.0. The Balaban J connectivity index is 1.60. The Morgan fingerprint density at radius 3 is 2.82 bits per heavy atom. The quantitative estimate of drug-likeness (QED) is 0.699. The molecule has 0 radical (unpaired) electrons. The van der Waals surface area contributed by atoms with E-state index < -0.39 is 0 Å². The molecule has 1 aromatic heterocycles. The highest BCUT2D eigenvalue weighted by Gasteiger charge is 2.17. The number of hydrazone groups is 1. The Hall–Kier alpha value is -2.88. The molecule has 0 fully saturated rings. The summed E-state index contributed by atoms with van der Waals surface area (Å²) >= 11 is 0. The van der Waals surface area contributed by atoms with Crippen LogP contribution < -0.4 is 5.43 Å².